The van der Waals surface area contributed by atoms with E-state index in [9.17, 15) is 4.79 Å². The fourth-order valence-electron chi connectivity index (χ4n) is 2.04. The largest absolute Gasteiger partial charge is 0.480 e. The first-order valence-corrected chi connectivity index (χ1v) is 7.94. The number of halogens is 1. The first-order valence-electron chi connectivity index (χ1n) is 6.09. The van der Waals surface area contributed by atoms with E-state index in [0.29, 0.717) is 5.75 Å². The summed E-state index contributed by atoms with van der Waals surface area (Å²) >= 11 is 4.95. The minimum Gasteiger partial charge on any atom is -0.480 e. The standard InChI is InChI=1S/C14H12BrNO3S/c15-9-3-1-8(2-4-9)11-5-6-12(19-11)13-16-10(7-20-13)14(17)18/h1-6,10,13,16H,7H2,(H,17,18)/t10-,13+/m1/s1. The third-order valence-electron chi connectivity index (χ3n) is 3.09. The molecule has 0 saturated carbocycles. The molecule has 2 heterocycles. The Balaban J connectivity index is 1.77. The summed E-state index contributed by atoms with van der Waals surface area (Å²) in [4.78, 5) is 10.9. The number of thioether (sulfide) groups is 1. The third kappa shape index (κ3) is 2.77. The Kier molecular flexibility index (Phi) is 3.87. The molecule has 0 radical (unpaired) electrons. The second kappa shape index (κ2) is 5.63. The van der Waals surface area contributed by atoms with Crippen LogP contribution in [-0.4, -0.2) is 22.9 Å². The predicted octanol–water partition coefficient (Wildman–Crippen LogP) is 3.50. The van der Waals surface area contributed by atoms with Gasteiger partial charge in [0, 0.05) is 15.8 Å². The van der Waals surface area contributed by atoms with Gasteiger partial charge in [-0.3, -0.25) is 10.1 Å². The number of hydrogen-bond donors (Lipinski definition) is 2. The van der Waals surface area contributed by atoms with Gasteiger partial charge in [0.1, 0.15) is 22.9 Å². The maximum absolute atomic E-state index is 10.9. The van der Waals surface area contributed by atoms with Crippen LogP contribution in [-0.2, 0) is 4.79 Å². The number of hydrogen-bond acceptors (Lipinski definition) is 4. The van der Waals surface area contributed by atoms with Crippen LogP contribution in [0.1, 0.15) is 11.1 Å². The van der Waals surface area contributed by atoms with E-state index in [-0.39, 0.29) is 5.37 Å². The second-order valence-electron chi connectivity index (χ2n) is 4.48. The molecule has 2 aromatic rings. The van der Waals surface area contributed by atoms with Gasteiger partial charge in [-0.2, -0.15) is 0 Å². The number of carbonyl (C=O) groups is 1. The molecule has 1 aliphatic heterocycles. The van der Waals surface area contributed by atoms with E-state index in [1.807, 2.05) is 36.4 Å². The quantitative estimate of drug-likeness (QED) is 0.884. The average molecular weight is 354 g/mol. The Hall–Kier alpha value is -1.24. The molecule has 104 valence electrons. The number of nitrogens with one attached hydrogen (secondary N) is 1. The number of rotatable bonds is 3. The predicted molar refractivity (Wildman–Crippen MR) is 81.6 cm³/mol. The van der Waals surface area contributed by atoms with Crippen LogP contribution in [0.2, 0.25) is 0 Å². The number of furan rings is 1. The van der Waals surface area contributed by atoms with Gasteiger partial charge in [0.25, 0.3) is 0 Å². The molecule has 1 aliphatic rings. The molecule has 2 atom stereocenters. The summed E-state index contributed by atoms with van der Waals surface area (Å²) in [7, 11) is 0. The summed E-state index contributed by atoms with van der Waals surface area (Å²) in [6.07, 6.45) is 0. The molecule has 2 N–H and O–H groups in total. The van der Waals surface area contributed by atoms with Crippen LogP contribution in [0.25, 0.3) is 11.3 Å². The topological polar surface area (TPSA) is 62.5 Å². The van der Waals surface area contributed by atoms with E-state index in [4.69, 9.17) is 9.52 Å². The molecule has 0 bridgehead atoms. The normalized spacial score (nSPS) is 22.1. The number of aliphatic carboxylic acids is 1. The van der Waals surface area contributed by atoms with Crippen LogP contribution in [0.5, 0.6) is 0 Å². The molecule has 4 nitrogen and oxygen atoms in total. The second-order valence-corrected chi connectivity index (χ2v) is 6.53. The van der Waals surface area contributed by atoms with Crippen molar-refractivity contribution in [1.82, 2.24) is 5.32 Å². The van der Waals surface area contributed by atoms with Gasteiger partial charge < -0.3 is 9.52 Å². The summed E-state index contributed by atoms with van der Waals surface area (Å²) in [5.74, 6) is 1.28. The lowest BCUT2D eigenvalue weighted by molar-refractivity contribution is -0.138. The van der Waals surface area contributed by atoms with Crippen LogP contribution in [0.3, 0.4) is 0 Å². The Morgan fingerprint density at radius 2 is 2.05 bits per heavy atom. The summed E-state index contributed by atoms with van der Waals surface area (Å²) in [5, 5.41) is 11.9. The van der Waals surface area contributed by atoms with Gasteiger partial charge in [-0.1, -0.05) is 28.1 Å². The first-order chi connectivity index (χ1) is 9.63. The van der Waals surface area contributed by atoms with Crippen molar-refractivity contribution in [3.05, 3.63) is 46.6 Å². The maximum atomic E-state index is 10.9. The molecule has 0 aliphatic carbocycles. The van der Waals surface area contributed by atoms with Crippen LogP contribution < -0.4 is 5.32 Å². The number of benzene rings is 1. The molecular weight excluding hydrogens is 342 g/mol. The Bertz CT molecular complexity index is 626. The van der Waals surface area contributed by atoms with Gasteiger partial charge in [0.15, 0.2) is 0 Å². The zero-order valence-corrected chi connectivity index (χ0v) is 12.8. The van der Waals surface area contributed by atoms with E-state index in [1.54, 1.807) is 11.8 Å². The molecule has 0 amide bonds. The van der Waals surface area contributed by atoms with Gasteiger partial charge in [-0.15, -0.1) is 11.8 Å². The highest BCUT2D eigenvalue weighted by atomic mass is 79.9. The molecule has 20 heavy (non-hydrogen) atoms. The zero-order chi connectivity index (χ0) is 14.1. The molecule has 0 unspecified atom stereocenters. The average Bonchev–Trinajstić information content (AvgIpc) is 3.08. The van der Waals surface area contributed by atoms with Crippen LogP contribution in [0, 0.1) is 0 Å². The lowest BCUT2D eigenvalue weighted by Gasteiger charge is -2.07. The van der Waals surface area contributed by atoms with E-state index >= 15 is 0 Å². The molecule has 1 aromatic heterocycles. The summed E-state index contributed by atoms with van der Waals surface area (Å²) < 4.78 is 6.85. The van der Waals surface area contributed by atoms with Crippen molar-refractivity contribution in [2.45, 2.75) is 11.4 Å². The third-order valence-corrected chi connectivity index (χ3v) is 4.85. The van der Waals surface area contributed by atoms with E-state index in [0.717, 1.165) is 21.6 Å². The van der Waals surface area contributed by atoms with Crippen molar-refractivity contribution in [2.24, 2.45) is 0 Å². The lowest BCUT2D eigenvalue weighted by Crippen LogP contribution is -2.33. The molecule has 6 heteroatoms. The highest BCUT2D eigenvalue weighted by Crippen LogP contribution is 2.35. The molecule has 0 spiro atoms. The van der Waals surface area contributed by atoms with Gasteiger partial charge in [-0.05, 0) is 24.3 Å². The van der Waals surface area contributed by atoms with Crippen molar-refractivity contribution in [1.29, 1.82) is 0 Å². The molecule has 1 aromatic carbocycles. The highest BCUT2D eigenvalue weighted by Gasteiger charge is 2.32. The summed E-state index contributed by atoms with van der Waals surface area (Å²) in [5.41, 5.74) is 0.997. The van der Waals surface area contributed by atoms with Crippen molar-refractivity contribution < 1.29 is 14.3 Å². The van der Waals surface area contributed by atoms with E-state index < -0.39 is 12.0 Å². The lowest BCUT2D eigenvalue weighted by atomic mass is 10.2. The van der Waals surface area contributed by atoms with Crippen molar-refractivity contribution in [3.63, 3.8) is 0 Å². The fraction of sp³-hybridized carbons (Fsp3) is 0.214. The Morgan fingerprint density at radius 3 is 2.70 bits per heavy atom. The Morgan fingerprint density at radius 1 is 1.30 bits per heavy atom. The van der Waals surface area contributed by atoms with Gasteiger partial charge in [0.05, 0.1) is 0 Å². The van der Waals surface area contributed by atoms with Crippen LogP contribution in [0.15, 0.2) is 45.3 Å². The van der Waals surface area contributed by atoms with Crippen molar-refractivity contribution >= 4 is 33.7 Å². The number of carboxylic acids is 1. The fourth-order valence-corrected chi connectivity index (χ4v) is 3.48. The Labute approximate surface area is 128 Å². The van der Waals surface area contributed by atoms with E-state index in [1.165, 1.54) is 0 Å². The van der Waals surface area contributed by atoms with Gasteiger partial charge >= 0.3 is 5.97 Å². The summed E-state index contributed by atoms with van der Waals surface area (Å²) in [6.45, 7) is 0. The monoisotopic (exact) mass is 353 g/mol. The molecular formula is C14H12BrNO3S. The number of carboxylic acid groups (broad SMARTS) is 1. The minimum atomic E-state index is -0.820. The SMILES string of the molecule is O=C(O)[C@H]1CS[C@@H](c2ccc(-c3ccc(Br)cc3)o2)N1. The van der Waals surface area contributed by atoms with Crippen LogP contribution in [0.4, 0.5) is 0 Å². The summed E-state index contributed by atoms with van der Waals surface area (Å²) in [6, 6.07) is 11.2. The van der Waals surface area contributed by atoms with E-state index in [2.05, 4.69) is 21.2 Å². The van der Waals surface area contributed by atoms with Gasteiger partial charge in [0.2, 0.25) is 0 Å². The first kappa shape index (κ1) is 13.7. The van der Waals surface area contributed by atoms with Crippen LogP contribution >= 0.6 is 27.7 Å². The molecule has 3 rings (SSSR count). The van der Waals surface area contributed by atoms with Crippen molar-refractivity contribution in [3.8, 4) is 11.3 Å². The smallest absolute Gasteiger partial charge is 0.321 e. The maximum Gasteiger partial charge on any atom is 0.321 e. The zero-order valence-electron chi connectivity index (χ0n) is 10.4. The minimum absolute atomic E-state index is 0.0969. The van der Waals surface area contributed by atoms with Crippen molar-refractivity contribution in [2.75, 3.05) is 5.75 Å². The molecule has 1 saturated heterocycles. The van der Waals surface area contributed by atoms with Gasteiger partial charge in [-0.25, -0.2) is 0 Å². The molecule has 1 fully saturated rings. The highest BCUT2D eigenvalue weighted by molar-refractivity contribution is 9.10.